The Hall–Kier alpha value is -5.92. The van der Waals surface area contributed by atoms with Crippen LogP contribution in [0.5, 0.6) is 0 Å². The Labute approximate surface area is 279 Å². The van der Waals surface area contributed by atoms with Crippen LogP contribution in [0.3, 0.4) is 0 Å². The molecule has 1 aromatic heterocycles. The van der Waals surface area contributed by atoms with Crippen LogP contribution < -0.4 is 0 Å². The predicted octanol–water partition coefficient (Wildman–Crippen LogP) is 13.2. The Morgan fingerprint density at radius 3 is 1.69 bits per heavy atom. The summed E-state index contributed by atoms with van der Waals surface area (Å²) in [5, 5.41) is 8.77. The molecule has 8 aromatic carbocycles. The van der Waals surface area contributed by atoms with Gasteiger partial charge in [0.25, 0.3) is 0 Å². The minimum absolute atomic E-state index is 0.184. The van der Waals surface area contributed by atoms with E-state index >= 15 is 0 Å². The largest absolute Gasteiger partial charge is 0.456 e. The minimum Gasteiger partial charge on any atom is -0.456 e. The fourth-order valence-corrected chi connectivity index (χ4v) is 8.53. The van der Waals surface area contributed by atoms with E-state index in [1.165, 1.54) is 87.8 Å². The molecule has 10 rings (SSSR count). The van der Waals surface area contributed by atoms with E-state index in [2.05, 4.69) is 172 Å². The second kappa shape index (κ2) is 10.0. The van der Waals surface area contributed by atoms with E-state index < -0.39 is 0 Å². The van der Waals surface area contributed by atoms with Gasteiger partial charge < -0.3 is 4.42 Å². The smallest absolute Gasteiger partial charge is 0.139 e. The van der Waals surface area contributed by atoms with Crippen molar-refractivity contribution in [2.45, 2.75) is 19.3 Å². The molecule has 0 saturated heterocycles. The third-order valence-electron chi connectivity index (χ3n) is 10.7. The molecule has 0 fully saturated rings. The van der Waals surface area contributed by atoms with Gasteiger partial charge in [0.1, 0.15) is 11.3 Å². The van der Waals surface area contributed by atoms with Gasteiger partial charge in [-0.1, -0.05) is 159 Å². The van der Waals surface area contributed by atoms with Gasteiger partial charge >= 0.3 is 0 Å². The monoisotopic (exact) mass is 612 g/mol. The molecular formula is C47H32O. The Bertz CT molecular complexity index is 2690. The molecule has 0 aliphatic heterocycles. The topological polar surface area (TPSA) is 13.1 Å². The molecule has 0 bridgehead atoms. The molecule has 1 heteroatoms. The molecule has 0 N–H and O–H groups in total. The molecule has 1 nitrogen and oxygen atoms in total. The Kier molecular flexibility index (Phi) is 5.69. The molecule has 9 aromatic rings. The Morgan fingerprint density at radius 2 is 0.958 bits per heavy atom. The van der Waals surface area contributed by atoms with E-state index in [1.54, 1.807) is 0 Å². The van der Waals surface area contributed by atoms with E-state index in [-0.39, 0.29) is 5.41 Å². The molecule has 48 heavy (non-hydrogen) atoms. The number of para-hydroxylation sites is 1. The highest BCUT2D eigenvalue weighted by molar-refractivity contribution is 6.23. The predicted molar refractivity (Wildman–Crippen MR) is 203 cm³/mol. The maximum Gasteiger partial charge on any atom is 0.139 e. The van der Waals surface area contributed by atoms with Crippen LogP contribution in [0.4, 0.5) is 0 Å². The van der Waals surface area contributed by atoms with Crippen molar-refractivity contribution in [3.05, 3.63) is 169 Å². The SMILES string of the molecule is CC1(C)c2cc(-c3c4ccccc4c(-c4ccccc4-c4cccc5ccccc45)c4ccccc34)ccc2-c2oc3ccccc3c21. The van der Waals surface area contributed by atoms with Crippen LogP contribution >= 0.6 is 0 Å². The van der Waals surface area contributed by atoms with E-state index in [1.807, 2.05) is 0 Å². The summed E-state index contributed by atoms with van der Waals surface area (Å²) in [4.78, 5) is 0. The van der Waals surface area contributed by atoms with Gasteiger partial charge in [0.05, 0.1) is 0 Å². The molecule has 0 atom stereocenters. The lowest BCUT2D eigenvalue weighted by atomic mass is 9.79. The van der Waals surface area contributed by atoms with Crippen LogP contribution in [0.1, 0.15) is 25.0 Å². The van der Waals surface area contributed by atoms with E-state index in [0.29, 0.717) is 0 Å². The van der Waals surface area contributed by atoms with Crippen LogP contribution in [0.25, 0.3) is 88.0 Å². The van der Waals surface area contributed by atoms with Crippen LogP contribution in [0.15, 0.2) is 162 Å². The average Bonchev–Trinajstić information content (AvgIpc) is 3.63. The highest BCUT2D eigenvalue weighted by Crippen LogP contribution is 2.54. The second-order valence-electron chi connectivity index (χ2n) is 13.6. The third kappa shape index (κ3) is 3.73. The van der Waals surface area contributed by atoms with E-state index in [0.717, 1.165) is 11.3 Å². The fourth-order valence-electron chi connectivity index (χ4n) is 8.53. The first-order valence-electron chi connectivity index (χ1n) is 16.8. The van der Waals surface area contributed by atoms with Gasteiger partial charge in [-0.15, -0.1) is 0 Å². The van der Waals surface area contributed by atoms with Gasteiger partial charge in [-0.3, -0.25) is 0 Å². The zero-order valence-electron chi connectivity index (χ0n) is 26.9. The summed E-state index contributed by atoms with van der Waals surface area (Å²) in [7, 11) is 0. The van der Waals surface area contributed by atoms with Crippen molar-refractivity contribution in [1.29, 1.82) is 0 Å². The lowest BCUT2D eigenvalue weighted by molar-refractivity contribution is 0.619. The van der Waals surface area contributed by atoms with Crippen molar-refractivity contribution < 1.29 is 4.42 Å². The number of furan rings is 1. The Morgan fingerprint density at radius 1 is 0.417 bits per heavy atom. The third-order valence-corrected chi connectivity index (χ3v) is 10.7. The highest BCUT2D eigenvalue weighted by Gasteiger charge is 2.40. The molecule has 226 valence electrons. The summed E-state index contributed by atoms with van der Waals surface area (Å²) >= 11 is 0. The van der Waals surface area contributed by atoms with Crippen molar-refractivity contribution in [2.24, 2.45) is 0 Å². The first-order valence-corrected chi connectivity index (χ1v) is 16.8. The standard InChI is InChI=1S/C47H32O/c1-47(2)41-28-30(26-27-39(41)46-45(47)40-23-11-12-25-42(40)48-46)43-35-19-7-9-21-37(35)44(38-22-10-8-20-36(38)43)34-18-6-5-17-33(34)32-24-13-15-29-14-3-4-16-31(29)32/h3-28H,1-2H3. The molecule has 1 aliphatic carbocycles. The summed E-state index contributed by atoms with van der Waals surface area (Å²) < 4.78 is 6.50. The summed E-state index contributed by atoms with van der Waals surface area (Å²) in [6, 6.07) is 57.7. The van der Waals surface area contributed by atoms with Crippen LogP contribution in [-0.4, -0.2) is 0 Å². The van der Waals surface area contributed by atoms with Gasteiger partial charge in [0.2, 0.25) is 0 Å². The molecule has 0 saturated carbocycles. The van der Waals surface area contributed by atoms with Crippen LogP contribution in [0, 0.1) is 0 Å². The number of rotatable bonds is 3. The normalized spacial score (nSPS) is 13.4. The van der Waals surface area contributed by atoms with Crippen LogP contribution in [-0.2, 0) is 5.41 Å². The first kappa shape index (κ1) is 27.2. The zero-order chi connectivity index (χ0) is 32.0. The molecule has 1 heterocycles. The van der Waals surface area contributed by atoms with Gasteiger partial charge in [-0.2, -0.15) is 0 Å². The number of hydrogen-bond acceptors (Lipinski definition) is 1. The van der Waals surface area contributed by atoms with Crippen molar-refractivity contribution in [2.75, 3.05) is 0 Å². The summed E-state index contributed by atoms with van der Waals surface area (Å²) in [5.41, 5.74) is 12.1. The zero-order valence-corrected chi connectivity index (χ0v) is 26.9. The molecule has 1 aliphatic rings. The van der Waals surface area contributed by atoms with Crippen LogP contribution in [0.2, 0.25) is 0 Å². The van der Waals surface area contributed by atoms with Crippen molar-refractivity contribution in [3.8, 4) is 44.7 Å². The van der Waals surface area contributed by atoms with Gasteiger partial charge in [0, 0.05) is 21.9 Å². The van der Waals surface area contributed by atoms with E-state index in [9.17, 15) is 0 Å². The first-order chi connectivity index (χ1) is 23.6. The molecule has 0 radical (unpaired) electrons. The number of benzene rings is 8. The van der Waals surface area contributed by atoms with E-state index in [4.69, 9.17) is 4.42 Å². The summed E-state index contributed by atoms with van der Waals surface area (Å²) in [5.74, 6) is 1.01. The Balaban J connectivity index is 1.25. The molecule has 0 spiro atoms. The number of fused-ring (bicyclic) bond motifs is 8. The fraction of sp³-hybridized carbons (Fsp3) is 0.0638. The van der Waals surface area contributed by atoms with Crippen molar-refractivity contribution >= 4 is 43.3 Å². The van der Waals surface area contributed by atoms with Gasteiger partial charge in [-0.25, -0.2) is 0 Å². The molecule has 0 amide bonds. The summed E-state index contributed by atoms with van der Waals surface area (Å²) in [6.07, 6.45) is 0. The van der Waals surface area contributed by atoms with Crippen molar-refractivity contribution in [1.82, 2.24) is 0 Å². The van der Waals surface area contributed by atoms with Gasteiger partial charge in [0.15, 0.2) is 0 Å². The average molecular weight is 613 g/mol. The molecule has 0 unspecified atom stereocenters. The summed E-state index contributed by atoms with van der Waals surface area (Å²) in [6.45, 7) is 4.68. The quantitative estimate of drug-likeness (QED) is 0.181. The number of hydrogen-bond donors (Lipinski definition) is 0. The van der Waals surface area contributed by atoms with Gasteiger partial charge in [-0.05, 0) is 83.4 Å². The molecular weight excluding hydrogens is 581 g/mol. The lowest BCUT2D eigenvalue weighted by Crippen LogP contribution is -2.15. The highest BCUT2D eigenvalue weighted by atomic mass is 16.3. The maximum absolute atomic E-state index is 6.50. The second-order valence-corrected chi connectivity index (χ2v) is 13.6. The van der Waals surface area contributed by atoms with Crippen molar-refractivity contribution in [3.63, 3.8) is 0 Å². The lowest BCUT2D eigenvalue weighted by Gasteiger charge is -2.23. The maximum atomic E-state index is 6.50. The minimum atomic E-state index is -0.184.